The Labute approximate surface area is 114 Å². The van der Waals surface area contributed by atoms with Crippen molar-refractivity contribution in [3.8, 4) is 0 Å². The SMILES string of the molecule is CCC(C)(O)CNc1ccc(S(=O)(=O)NC)cc1N. The molecule has 0 heterocycles. The first kappa shape index (κ1) is 15.7. The van der Waals surface area contributed by atoms with Crippen LogP contribution in [0.15, 0.2) is 23.1 Å². The van der Waals surface area contributed by atoms with Gasteiger partial charge in [0.25, 0.3) is 0 Å². The molecule has 19 heavy (non-hydrogen) atoms. The van der Waals surface area contributed by atoms with E-state index in [4.69, 9.17) is 5.73 Å². The number of nitrogens with two attached hydrogens (primary N) is 1. The molecule has 0 aliphatic heterocycles. The molecule has 0 saturated carbocycles. The van der Waals surface area contributed by atoms with Crippen molar-refractivity contribution < 1.29 is 13.5 Å². The molecule has 0 spiro atoms. The second-order valence-electron chi connectivity index (χ2n) is 4.66. The molecule has 1 atom stereocenters. The average Bonchev–Trinajstić information content (AvgIpc) is 2.37. The highest BCUT2D eigenvalue weighted by atomic mass is 32.2. The van der Waals surface area contributed by atoms with E-state index in [1.807, 2.05) is 6.92 Å². The number of anilines is 2. The molecule has 108 valence electrons. The number of nitrogen functional groups attached to an aromatic ring is 1. The summed E-state index contributed by atoms with van der Waals surface area (Å²) in [5.41, 5.74) is 5.90. The number of sulfonamides is 1. The number of benzene rings is 1. The van der Waals surface area contributed by atoms with E-state index in [0.717, 1.165) is 0 Å². The van der Waals surface area contributed by atoms with Crippen molar-refractivity contribution >= 4 is 21.4 Å². The fourth-order valence-corrected chi connectivity index (χ4v) is 2.16. The highest BCUT2D eigenvalue weighted by molar-refractivity contribution is 7.89. The Morgan fingerprint density at radius 1 is 1.42 bits per heavy atom. The molecule has 6 nitrogen and oxygen atoms in total. The molecule has 1 aromatic carbocycles. The van der Waals surface area contributed by atoms with Gasteiger partial charge in [0.05, 0.1) is 21.9 Å². The summed E-state index contributed by atoms with van der Waals surface area (Å²) in [7, 11) is -2.15. The number of rotatable bonds is 6. The van der Waals surface area contributed by atoms with Gasteiger partial charge in [-0.3, -0.25) is 0 Å². The predicted molar refractivity (Wildman–Crippen MR) is 76.5 cm³/mol. The molecule has 0 bridgehead atoms. The maximum absolute atomic E-state index is 11.6. The Morgan fingerprint density at radius 2 is 2.05 bits per heavy atom. The van der Waals surface area contributed by atoms with Crippen LogP contribution < -0.4 is 15.8 Å². The summed E-state index contributed by atoms with van der Waals surface area (Å²) in [6.07, 6.45) is 0.603. The van der Waals surface area contributed by atoms with Crippen LogP contribution in [0, 0.1) is 0 Å². The summed E-state index contributed by atoms with van der Waals surface area (Å²) in [6, 6.07) is 4.44. The quantitative estimate of drug-likeness (QED) is 0.578. The van der Waals surface area contributed by atoms with Crippen molar-refractivity contribution in [3.63, 3.8) is 0 Å². The Bertz CT molecular complexity index is 541. The minimum absolute atomic E-state index is 0.111. The zero-order valence-corrected chi connectivity index (χ0v) is 12.2. The van der Waals surface area contributed by atoms with Crippen LogP contribution in [-0.2, 0) is 10.0 Å². The van der Waals surface area contributed by atoms with Crippen LogP contribution in [0.4, 0.5) is 11.4 Å². The highest BCUT2D eigenvalue weighted by Crippen LogP contribution is 2.23. The lowest BCUT2D eigenvalue weighted by molar-refractivity contribution is 0.0697. The molecule has 0 amide bonds. The molecular weight excluding hydrogens is 266 g/mol. The number of hydrogen-bond acceptors (Lipinski definition) is 5. The van der Waals surface area contributed by atoms with E-state index in [1.54, 1.807) is 13.0 Å². The van der Waals surface area contributed by atoms with E-state index >= 15 is 0 Å². The van der Waals surface area contributed by atoms with Crippen molar-refractivity contribution in [1.29, 1.82) is 0 Å². The number of nitrogens with one attached hydrogen (secondary N) is 2. The molecule has 0 fully saturated rings. The summed E-state index contributed by atoms with van der Waals surface area (Å²) < 4.78 is 25.4. The summed E-state index contributed by atoms with van der Waals surface area (Å²) in [4.78, 5) is 0.111. The highest BCUT2D eigenvalue weighted by Gasteiger charge is 2.18. The van der Waals surface area contributed by atoms with Crippen molar-refractivity contribution in [2.45, 2.75) is 30.8 Å². The van der Waals surface area contributed by atoms with E-state index in [0.29, 0.717) is 24.3 Å². The Morgan fingerprint density at radius 3 is 2.53 bits per heavy atom. The summed E-state index contributed by atoms with van der Waals surface area (Å²) in [6.45, 7) is 3.94. The third-order valence-corrected chi connectivity index (χ3v) is 4.44. The summed E-state index contributed by atoms with van der Waals surface area (Å²) in [5, 5.41) is 12.9. The Kier molecular flexibility index (Phi) is 4.78. The van der Waals surface area contributed by atoms with Crippen LogP contribution in [0.1, 0.15) is 20.3 Å². The van der Waals surface area contributed by atoms with Gasteiger partial charge in [0.15, 0.2) is 0 Å². The molecule has 5 N–H and O–H groups in total. The zero-order chi connectivity index (χ0) is 14.7. The molecule has 0 aliphatic carbocycles. The van der Waals surface area contributed by atoms with Gasteiger partial charge in [-0.1, -0.05) is 6.92 Å². The second kappa shape index (κ2) is 5.77. The molecule has 0 radical (unpaired) electrons. The molecule has 1 rings (SSSR count). The number of hydrogen-bond donors (Lipinski definition) is 4. The molecule has 1 aromatic rings. The van der Waals surface area contributed by atoms with Gasteiger partial charge in [-0.15, -0.1) is 0 Å². The van der Waals surface area contributed by atoms with Gasteiger partial charge in [0, 0.05) is 6.54 Å². The minimum atomic E-state index is -3.49. The van der Waals surface area contributed by atoms with E-state index in [2.05, 4.69) is 10.0 Å². The Balaban J connectivity index is 2.90. The van der Waals surface area contributed by atoms with Crippen LogP contribution in [-0.4, -0.2) is 32.7 Å². The summed E-state index contributed by atoms with van der Waals surface area (Å²) in [5.74, 6) is 0. The Hall–Kier alpha value is -1.31. The van der Waals surface area contributed by atoms with Gasteiger partial charge in [-0.2, -0.15) is 0 Å². The lowest BCUT2D eigenvalue weighted by Crippen LogP contribution is -2.32. The van der Waals surface area contributed by atoms with Crippen LogP contribution in [0.25, 0.3) is 0 Å². The van der Waals surface area contributed by atoms with Crippen LogP contribution >= 0.6 is 0 Å². The largest absolute Gasteiger partial charge is 0.397 e. The van der Waals surface area contributed by atoms with Gasteiger partial charge in [-0.25, -0.2) is 13.1 Å². The third-order valence-electron chi connectivity index (χ3n) is 3.02. The first-order chi connectivity index (χ1) is 8.72. The predicted octanol–water partition coefficient (Wildman–Crippen LogP) is 0.750. The van der Waals surface area contributed by atoms with Gasteiger partial charge in [-0.05, 0) is 38.6 Å². The van der Waals surface area contributed by atoms with Crippen molar-refractivity contribution in [1.82, 2.24) is 4.72 Å². The lowest BCUT2D eigenvalue weighted by atomic mass is 10.0. The van der Waals surface area contributed by atoms with Crippen molar-refractivity contribution in [2.75, 3.05) is 24.6 Å². The van der Waals surface area contributed by atoms with Crippen molar-refractivity contribution in [2.24, 2.45) is 0 Å². The van der Waals surface area contributed by atoms with E-state index < -0.39 is 15.6 Å². The van der Waals surface area contributed by atoms with Gasteiger partial charge in [0.2, 0.25) is 10.0 Å². The maximum atomic E-state index is 11.6. The monoisotopic (exact) mass is 287 g/mol. The van der Waals surface area contributed by atoms with Crippen LogP contribution in [0.5, 0.6) is 0 Å². The van der Waals surface area contributed by atoms with E-state index in [-0.39, 0.29) is 4.90 Å². The topological polar surface area (TPSA) is 104 Å². The third kappa shape index (κ3) is 4.09. The number of aliphatic hydroxyl groups is 1. The average molecular weight is 287 g/mol. The standard InChI is InChI=1S/C12H21N3O3S/c1-4-12(2,16)8-15-11-6-5-9(7-10(11)13)19(17,18)14-3/h5-7,14-16H,4,8,13H2,1-3H3. The second-order valence-corrected chi connectivity index (χ2v) is 6.55. The van der Waals surface area contributed by atoms with E-state index in [9.17, 15) is 13.5 Å². The fraction of sp³-hybridized carbons (Fsp3) is 0.500. The fourth-order valence-electron chi connectivity index (χ4n) is 1.40. The molecular formula is C12H21N3O3S. The van der Waals surface area contributed by atoms with E-state index in [1.165, 1.54) is 19.2 Å². The molecule has 0 aromatic heterocycles. The first-order valence-electron chi connectivity index (χ1n) is 6.01. The van der Waals surface area contributed by atoms with Crippen LogP contribution in [0.2, 0.25) is 0 Å². The van der Waals surface area contributed by atoms with Gasteiger partial charge >= 0.3 is 0 Å². The zero-order valence-electron chi connectivity index (χ0n) is 11.4. The minimum Gasteiger partial charge on any atom is -0.397 e. The smallest absolute Gasteiger partial charge is 0.240 e. The molecule has 0 aliphatic rings. The maximum Gasteiger partial charge on any atom is 0.240 e. The summed E-state index contributed by atoms with van der Waals surface area (Å²) >= 11 is 0. The van der Waals surface area contributed by atoms with Crippen molar-refractivity contribution in [3.05, 3.63) is 18.2 Å². The molecule has 1 unspecified atom stereocenters. The normalized spacial score (nSPS) is 14.9. The first-order valence-corrected chi connectivity index (χ1v) is 7.49. The lowest BCUT2D eigenvalue weighted by Gasteiger charge is -2.23. The van der Waals surface area contributed by atoms with Crippen LogP contribution in [0.3, 0.4) is 0 Å². The van der Waals surface area contributed by atoms with Gasteiger partial charge in [0.1, 0.15) is 0 Å². The van der Waals surface area contributed by atoms with Gasteiger partial charge < -0.3 is 16.2 Å². The molecule has 0 saturated heterocycles. The molecule has 7 heteroatoms.